The zero-order valence-corrected chi connectivity index (χ0v) is 14.8. The van der Waals surface area contributed by atoms with Crippen molar-refractivity contribution >= 4 is 34.4 Å². The summed E-state index contributed by atoms with van der Waals surface area (Å²) < 4.78 is 23.6. The van der Waals surface area contributed by atoms with Crippen molar-refractivity contribution in [3.05, 3.63) is 66.2 Å². The first-order valence-corrected chi connectivity index (χ1v) is 8.44. The summed E-state index contributed by atoms with van der Waals surface area (Å²) in [5.41, 5.74) is 6.02. The maximum atomic E-state index is 13.1. The van der Waals surface area contributed by atoms with Gasteiger partial charge in [0.25, 0.3) is 5.91 Å². The number of nitrogens with zero attached hydrogens (tertiary/aromatic N) is 1. The molecule has 3 rings (SSSR count). The van der Waals surface area contributed by atoms with E-state index in [4.69, 9.17) is 14.9 Å². The fraction of sp³-hybridized carbons (Fsp3) is 0.150. The SMILES string of the molecule is NC(=O)CCN(C(=O)COC(=O)c1cc2ccccc2o1)c1ccc(F)cc1. The molecule has 0 aliphatic heterocycles. The molecular weight excluding hydrogens is 367 g/mol. The number of para-hydroxylation sites is 1. The van der Waals surface area contributed by atoms with Crippen LogP contribution in [0.2, 0.25) is 0 Å². The zero-order chi connectivity index (χ0) is 20.1. The van der Waals surface area contributed by atoms with Crippen molar-refractivity contribution in [1.82, 2.24) is 0 Å². The Labute approximate surface area is 159 Å². The van der Waals surface area contributed by atoms with Crippen LogP contribution in [0.3, 0.4) is 0 Å². The van der Waals surface area contributed by atoms with Gasteiger partial charge in [0.1, 0.15) is 11.4 Å². The number of esters is 1. The molecule has 1 aromatic heterocycles. The van der Waals surface area contributed by atoms with Crippen LogP contribution in [0, 0.1) is 5.82 Å². The van der Waals surface area contributed by atoms with Crippen molar-refractivity contribution in [3.63, 3.8) is 0 Å². The number of fused-ring (bicyclic) bond motifs is 1. The molecule has 2 N–H and O–H groups in total. The summed E-state index contributed by atoms with van der Waals surface area (Å²) in [7, 11) is 0. The summed E-state index contributed by atoms with van der Waals surface area (Å²) in [4.78, 5) is 37.0. The summed E-state index contributed by atoms with van der Waals surface area (Å²) in [5.74, 6) is -2.48. The Kier molecular flexibility index (Phi) is 5.69. The predicted octanol–water partition coefficient (Wildman–Crippen LogP) is 2.64. The predicted molar refractivity (Wildman–Crippen MR) is 99.1 cm³/mol. The zero-order valence-electron chi connectivity index (χ0n) is 14.8. The highest BCUT2D eigenvalue weighted by atomic mass is 19.1. The van der Waals surface area contributed by atoms with Gasteiger partial charge in [0, 0.05) is 24.0 Å². The van der Waals surface area contributed by atoms with Crippen molar-refractivity contribution in [3.8, 4) is 0 Å². The van der Waals surface area contributed by atoms with Crippen molar-refractivity contribution in [2.24, 2.45) is 5.73 Å². The molecule has 2 aromatic carbocycles. The maximum absolute atomic E-state index is 13.1. The quantitative estimate of drug-likeness (QED) is 0.631. The molecule has 3 aromatic rings. The fourth-order valence-corrected chi connectivity index (χ4v) is 2.60. The number of carbonyl (C=O) groups is 3. The Hall–Kier alpha value is -3.68. The molecule has 0 atom stereocenters. The molecule has 0 radical (unpaired) electrons. The van der Waals surface area contributed by atoms with Crippen LogP contribution in [0.25, 0.3) is 11.0 Å². The lowest BCUT2D eigenvalue weighted by Crippen LogP contribution is -2.37. The summed E-state index contributed by atoms with van der Waals surface area (Å²) in [6.45, 7) is -0.603. The standard InChI is InChI=1S/C20H17FN2O5/c21-14-5-7-15(8-6-14)23(10-9-18(22)24)19(25)12-27-20(26)17-11-13-3-1-2-4-16(13)28-17/h1-8,11H,9-10,12H2,(H2,22,24). The van der Waals surface area contributed by atoms with E-state index in [1.165, 1.54) is 35.2 Å². The molecule has 8 heteroatoms. The monoisotopic (exact) mass is 384 g/mol. The second-order valence-corrected chi connectivity index (χ2v) is 5.96. The molecule has 0 saturated heterocycles. The topological polar surface area (TPSA) is 103 Å². The third-order valence-corrected chi connectivity index (χ3v) is 3.97. The first kappa shape index (κ1) is 19.1. The van der Waals surface area contributed by atoms with E-state index in [0.29, 0.717) is 11.3 Å². The van der Waals surface area contributed by atoms with Crippen LogP contribution in [0.5, 0.6) is 0 Å². The Morgan fingerprint density at radius 2 is 1.79 bits per heavy atom. The van der Waals surface area contributed by atoms with Gasteiger partial charge in [-0.15, -0.1) is 0 Å². The van der Waals surface area contributed by atoms with E-state index >= 15 is 0 Å². The number of anilines is 1. The second kappa shape index (κ2) is 8.34. The Morgan fingerprint density at radius 1 is 1.07 bits per heavy atom. The van der Waals surface area contributed by atoms with E-state index in [2.05, 4.69) is 0 Å². The summed E-state index contributed by atoms with van der Waals surface area (Å²) >= 11 is 0. The van der Waals surface area contributed by atoms with Crippen LogP contribution in [0.15, 0.2) is 59.0 Å². The second-order valence-electron chi connectivity index (χ2n) is 5.96. The normalized spacial score (nSPS) is 10.6. The van der Waals surface area contributed by atoms with Crippen molar-refractivity contribution in [2.75, 3.05) is 18.1 Å². The number of halogens is 1. The number of rotatable bonds is 7. The molecule has 1 heterocycles. The Bertz CT molecular complexity index is 980. The molecule has 144 valence electrons. The van der Waals surface area contributed by atoms with E-state index in [-0.39, 0.29) is 18.7 Å². The van der Waals surface area contributed by atoms with E-state index in [9.17, 15) is 18.8 Å². The average Bonchev–Trinajstić information content (AvgIpc) is 3.11. The third kappa shape index (κ3) is 4.53. The third-order valence-electron chi connectivity index (χ3n) is 3.97. The molecule has 0 bridgehead atoms. The lowest BCUT2D eigenvalue weighted by atomic mass is 10.2. The number of nitrogens with two attached hydrogens (primary N) is 1. The molecule has 0 spiro atoms. The number of ether oxygens (including phenoxy) is 1. The minimum Gasteiger partial charge on any atom is -0.450 e. The summed E-state index contributed by atoms with van der Waals surface area (Å²) in [6, 6.07) is 13.7. The number of hydrogen-bond donors (Lipinski definition) is 1. The molecule has 0 aliphatic carbocycles. The van der Waals surface area contributed by atoms with Gasteiger partial charge in [-0.1, -0.05) is 18.2 Å². The fourth-order valence-electron chi connectivity index (χ4n) is 2.60. The molecule has 0 unspecified atom stereocenters. The number of furan rings is 1. The molecule has 0 aliphatic rings. The Balaban J connectivity index is 1.69. The number of amides is 2. The van der Waals surface area contributed by atoms with Crippen LogP contribution in [-0.4, -0.2) is 30.9 Å². The van der Waals surface area contributed by atoms with Gasteiger partial charge in [0.15, 0.2) is 6.61 Å². The first-order valence-electron chi connectivity index (χ1n) is 8.44. The lowest BCUT2D eigenvalue weighted by molar-refractivity contribution is -0.122. The number of carbonyl (C=O) groups excluding carboxylic acids is 3. The van der Waals surface area contributed by atoms with E-state index in [0.717, 1.165) is 5.39 Å². The van der Waals surface area contributed by atoms with Crippen LogP contribution < -0.4 is 10.6 Å². The molecule has 7 nitrogen and oxygen atoms in total. The number of benzene rings is 2. The number of primary amides is 1. The van der Waals surface area contributed by atoms with E-state index in [1.807, 2.05) is 0 Å². The van der Waals surface area contributed by atoms with Crippen molar-refractivity contribution < 1.29 is 27.9 Å². The lowest BCUT2D eigenvalue weighted by Gasteiger charge is -2.22. The summed E-state index contributed by atoms with van der Waals surface area (Å²) in [6.07, 6.45) is -0.0966. The summed E-state index contributed by atoms with van der Waals surface area (Å²) in [5, 5.41) is 0.732. The van der Waals surface area contributed by atoms with Crippen LogP contribution in [-0.2, 0) is 14.3 Å². The van der Waals surface area contributed by atoms with E-state index < -0.39 is 30.2 Å². The Morgan fingerprint density at radius 3 is 2.46 bits per heavy atom. The van der Waals surface area contributed by atoms with Gasteiger partial charge in [0.05, 0.1) is 0 Å². The molecule has 0 saturated carbocycles. The van der Waals surface area contributed by atoms with Gasteiger partial charge in [-0.3, -0.25) is 9.59 Å². The number of hydrogen-bond acceptors (Lipinski definition) is 5. The van der Waals surface area contributed by atoms with Crippen LogP contribution >= 0.6 is 0 Å². The largest absolute Gasteiger partial charge is 0.450 e. The van der Waals surface area contributed by atoms with Crippen molar-refractivity contribution in [1.29, 1.82) is 0 Å². The highest BCUT2D eigenvalue weighted by Crippen LogP contribution is 2.20. The minimum atomic E-state index is -0.793. The maximum Gasteiger partial charge on any atom is 0.374 e. The molecular formula is C20H17FN2O5. The molecule has 2 amide bonds. The molecule has 28 heavy (non-hydrogen) atoms. The minimum absolute atomic E-state index is 0.0258. The van der Waals surface area contributed by atoms with Gasteiger partial charge >= 0.3 is 5.97 Å². The molecule has 0 fully saturated rings. The van der Waals surface area contributed by atoms with Gasteiger partial charge < -0.3 is 19.8 Å². The van der Waals surface area contributed by atoms with Gasteiger partial charge in [0.2, 0.25) is 11.7 Å². The van der Waals surface area contributed by atoms with Crippen molar-refractivity contribution in [2.45, 2.75) is 6.42 Å². The van der Waals surface area contributed by atoms with Gasteiger partial charge in [-0.2, -0.15) is 0 Å². The highest BCUT2D eigenvalue weighted by molar-refractivity contribution is 5.98. The average molecular weight is 384 g/mol. The first-order chi connectivity index (χ1) is 13.4. The van der Waals surface area contributed by atoms with Crippen LogP contribution in [0.1, 0.15) is 17.0 Å². The van der Waals surface area contributed by atoms with Crippen LogP contribution in [0.4, 0.5) is 10.1 Å². The van der Waals surface area contributed by atoms with Gasteiger partial charge in [-0.05, 0) is 36.4 Å². The van der Waals surface area contributed by atoms with E-state index in [1.54, 1.807) is 24.3 Å². The smallest absolute Gasteiger partial charge is 0.374 e. The van der Waals surface area contributed by atoms with Gasteiger partial charge in [-0.25, -0.2) is 9.18 Å². The highest BCUT2D eigenvalue weighted by Gasteiger charge is 2.20.